The van der Waals surface area contributed by atoms with Crippen LogP contribution in [0.4, 0.5) is 0 Å². The van der Waals surface area contributed by atoms with E-state index in [1.807, 2.05) is 6.07 Å². The smallest absolute Gasteiger partial charge is 0.0968 e. The molecule has 0 unspecified atom stereocenters. The molecule has 0 saturated heterocycles. The Bertz CT molecular complexity index is 824. The van der Waals surface area contributed by atoms with E-state index in [-0.39, 0.29) is 0 Å². The number of H-pyrrole nitrogens is 1. The number of nitrogens with zero attached hydrogens (tertiary/aromatic N) is 2. The van der Waals surface area contributed by atoms with Gasteiger partial charge in [0.2, 0.25) is 0 Å². The first-order valence-electron chi connectivity index (χ1n) is 8.78. The van der Waals surface area contributed by atoms with Crippen molar-refractivity contribution in [3.8, 4) is 22.4 Å². The topological polar surface area (TPSA) is 41.1 Å². The Kier molecular flexibility index (Phi) is 4.63. The van der Waals surface area contributed by atoms with Crippen LogP contribution in [0, 0.1) is 0 Å². The molecular formula is C21H23N3O. The standard InChI is InChI=1S/C21H23N3O/c1-25-14-13-24-12-11-20-19(15-24)21(23-22-20)18-9-7-17(8-10-18)16-5-3-2-4-6-16/h2-10H,11-15H2,1H3,(H,22,23). The van der Waals surface area contributed by atoms with Crippen molar-refractivity contribution in [2.75, 3.05) is 26.8 Å². The van der Waals surface area contributed by atoms with E-state index < -0.39 is 0 Å². The molecule has 4 rings (SSSR count). The van der Waals surface area contributed by atoms with Gasteiger partial charge in [0.05, 0.1) is 12.3 Å². The Morgan fingerprint density at radius 3 is 2.48 bits per heavy atom. The highest BCUT2D eigenvalue weighted by Gasteiger charge is 2.22. The van der Waals surface area contributed by atoms with Crippen molar-refractivity contribution in [2.45, 2.75) is 13.0 Å². The summed E-state index contributed by atoms with van der Waals surface area (Å²) in [6.45, 7) is 3.73. The third kappa shape index (κ3) is 3.36. The normalized spacial score (nSPS) is 14.4. The van der Waals surface area contributed by atoms with Crippen molar-refractivity contribution in [1.82, 2.24) is 15.1 Å². The van der Waals surface area contributed by atoms with Crippen molar-refractivity contribution in [3.63, 3.8) is 0 Å². The number of benzene rings is 2. The fourth-order valence-electron chi connectivity index (χ4n) is 3.45. The Morgan fingerprint density at radius 2 is 1.72 bits per heavy atom. The number of nitrogens with one attached hydrogen (secondary N) is 1. The summed E-state index contributed by atoms with van der Waals surface area (Å²) in [6, 6.07) is 19.2. The van der Waals surface area contributed by atoms with E-state index in [0.717, 1.165) is 38.4 Å². The molecule has 1 N–H and O–H groups in total. The van der Waals surface area contributed by atoms with Gasteiger partial charge >= 0.3 is 0 Å². The number of methoxy groups -OCH3 is 1. The number of ether oxygens (including phenoxy) is 1. The van der Waals surface area contributed by atoms with Gasteiger partial charge in [-0.25, -0.2) is 0 Å². The number of aromatic nitrogens is 2. The molecule has 3 aromatic rings. The molecule has 4 heteroatoms. The zero-order valence-corrected chi connectivity index (χ0v) is 14.5. The molecule has 4 nitrogen and oxygen atoms in total. The average Bonchev–Trinajstić information content (AvgIpc) is 3.10. The molecule has 0 saturated carbocycles. The Labute approximate surface area is 148 Å². The lowest BCUT2D eigenvalue weighted by atomic mass is 9.98. The maximum atomic E-state index is 5.22. The minimum atomic E-state index is 0.772. The molecule has 0 atom stereocenters. The Hall–Kier alpha value is -2.43. The Balaban J connectivity index is 1.58. The Morgan fingerprint density at radius 1 is 1.00 bits per heavy atom. The molecule has 25 heavy (non-hydrogen) atoms. The molecule has 1 aromatic heterocycles. The molecule has 2 heterocycles. The second-order valence-corrected chi connectivity index (χ2v) is 6.49. The highest BCUT2D eigenvalue weighted by molar-refractivity contribution is 5.70. The molecule has 0 spiro atoms. The van der Waals surface area contributed by atoms with E-state index in [0.29, 0.717) is 0 Å². The second kappa shape index (κ2) is 7.21. The molecule has 128 valence electrons. The minimum Gasteiger partial charge on any atom is -0.383 e. The van der Waals surface area contributed by atoms with Gasteiger partial charge in [0.1, 0.15) is 0 Å². The zero-order chi connectivity index (χ0) is 17.1. The predicted molar refractivity (Wildman–Crippen MR) is 100 cm³/mol. The molecular weight excluding hydrogens is 310 g/mol. The first-order chi connectivity index (χ1) is 12.3. The summed E-state index contributed by atoms with van der Waals surface area (Å²) in [5.41, 5.74) is 7.33. The van der Waals surface area contributed by atoms with Crippen LogP contribution in [-0.4, -0.2) is 41.9 Å². The summed E-state index contributed by atoms with van der Waals surface area (Å²) in [7, 11) is 1.76. The first kappa shape index (κ1) is 16.1. The molecule has 1 aliphatic rings. The molecule has 0 amide bonds. The second-order valence-electron chi connectivity index (χ2n) is 6.49. The summed E-state index contributed by atoms with van der Waals surface area (Å²) in [5.74, 6) is 0. The van der Waals surface area contributed by atoms with Crippen LogP contribution in [0.5, 0.6) is 0 Å². The first-order valence-corrected chi connectivity index (χ1v) is 8.78. The number of fused-ring (bicyclic) bond motifs is 1. The van der Waals surface area contributed by atoms with Crippen molar-refractivity contribution in [2.24, 2.45) is 0 Å². The maximum absolute atomic E-state index is 5.22. The monoisotopic (exact) mass is 333 g/mol. The van der Waals surface area contributed by atoms with Crippen LogP contribution in [0.1, 0.15) is 11.3 Å². The van der Waals surface area contributed by atoms with Crippen LogP contribution in [-0.2, 0) is 17.7 Å². The SMILES string of the molecule is COCCN1CCc2[nH]nc(-c3ccc(-c4ccccc4)cc3)c2C1. The average molecular weight is 333 g/mol. The quantitative estimate of drug-likeness (QED) is 0.773. The molecule has 0 radical (unpaired) electrons. The van der Waals surface area contributed by atoms with Gasteiger partial charge in [0.15, 0.2) is 0 Å². The van der Waals surface area contributed by atoms with E-state index in [1.165, 1.54) is 27.9 Å². The number of hydrogen-bond donors (Lipinski definition) is 1. The predicted octanol–water partition coefficient (Wildman–Crippen LogP) is 3.75. The van der Waals surface area contributed by atoms with E-state index in [4.69, 9.17) is 4.74 Å². The van der Waals surface area contributed by atoms with Crippen LogP contribution in [0.25, 0.3) is 22.4 Å². The lowest BCUT2D eigenvalue weighted by Crippen LogP contribution is -2.33. The molecule has 0 fully saturated rings. The lowest BCUT2D eigenvalue weighted by Gasteiger charge is -2.26. The van der Waals surface area contributed by atoms with E-state index in [1.54, 1.807) is 7.11 Å². The van der Waals surface area contributed by atoms with Crippen molar-refractivity contribution < 1.29 is 4.74 Å². The van der Waals surface area contributed by atoms with Gasteiger partial charge in [-0.3, -0.25) is 10.00 Å². The van der Waals surface area contributed by atoms with Crippen LogP contribution >= 0.6 is 0 Å². The van der Waals surface area contributed by atoms with E-state index in [2.05, 4.69) is 63.6 Å². The van der Waals surface area contributed by atoms with Gasteiger partial charge in [-0.05, 0) is 11.1 Å². The fraction of sp³-hybridized carbons (Fsp3) is 0.286. The van der Waals surface area contributed by atoms with Crippen LogP contribution in [0.3, 0.4) is 0 Å². The van der Waals surface area contributed by atoms with Crippen LogP contribution < -0.4 is 0 Å². The number of rotatable bonds is 5. The zero-order valence-electron chi connectivity index (χ0n) is 14.5. The van der Waals surface area contributed by atoms with Crippen molar-refractivity contribution in [1.29, 1.82) is 0 Å². The largest absolute Gasteiger partial charge is 0.383 e. The van der Waals surface area contributed by atoms with Crippen LogP contribution in [0.15, 0.2) is 54.6 Å². The highest BCUT2D eigenvalue weighted by Crippen LogP contribution is 2.30. The fourth-order valence-corrected chi connectivity index (χ4v) is 3.45. The summed E-state index contributed by atoms with van der Waals surface area (Å²) >= 11 is 0. The third-order valence-electron chi connectivity index (χ3n) is 4.89. The van der Waals surface area contributed by atoms with Crippen molar-refractivity contribution >= 4 is 0 Å². The molecule has 2 aromatic carbocycles. The van der Waals surface area contributed by atoms with Gasteiger partial charge in [0, 0.05) is 50.0 Å². The van der Waals surface area contributed by atoms with Crippen LogP contribution in [0.2, 0.25) is 0 Å². The van der Waals surface area contributed by atoms with E-state index in [9.17, 15) is 0 Å². The highest BCUT2D eigenvalue weighted by atomic mass is 16.5. The number of hydrogen-bond acceptors (Lipinski definition) is 3. The maximum Gasteiger partial charge on any atom is 0.0968 e. The van der Waals surface area contributed by atoms with Gasteiger partial charge in [-0.1, -0.05) is 54.6 Å². The lowest BCUT2D eigenvalue weighted by molar-refractivity contribution is 0.140. The molecule has 0 aliphatic carbocycles. The molecule has 0 bridgehead atoms. The number of aromatic amines is 1. The minimum absolute atomic E-state index is 0.772. The third-order valence-corrected chi connectivity index (χ3v) is 4.89. The summed E-state index contributed by atoms with van der Waals surface area (Å²) in [5, 5.41) is 7.84. The summed E-state index contributed by atoms with van der Waals surface area (Å²) < 4.78 is 5.22. The van der Waals surface area contributed by atoms with Gasteiger partial charge in [-0.15, -0.1) is 0 Å². The molecule has 1 aliphatic heterocycles. The summed E-state index contributed by atoms with van der Waals surface area (Å²) in [6.07, 6.45) is 1.02. The van der Waals surface area contributed by atoms with Gasteiger partial charge in [-0.2, -0.15) is 5.10 Å². The van der Waals surface area contributed by atoms with Gasteiger partial charge < -0.3 is 4.74 Å². The van der Waals surface area contributed by atoms with Crippen molar-refractivity contribution in [3.05, 3.63) is 65.9 Å². The van der Waals surface area contributed by atoms with E-state index >= 15 is 0 Å². The summed E-state index contributed by atoms with van der Waals surface area (Å²) in [4.78, 5) is 2.43. The van der Waals surface area contributed by atoms with Gasteiger partial charge in [0.25, 0.3) is 0 Å².